The van der Waals surface area contributed by atoms with E-state index in [1.165, 1.54) is 0 Å². The normalized spacial score (nSPS) is 31.4. The summed E-state index contributed by atoms with van der Waals surface area (Å²) in [6.45, 7) is 1.70. The average Bonchev–Trinajstić information content (AvgIpc) is 1.87. The minimum Gasteiger partial charge on any atom is -0.323 e. The molecule has 0 atom stereocenters. The number of carbonyl (C=O) groups is 2. The van der Waals surface area contributed by atoms with Crippen molar-refractivity contribution in [3.05, 3.63) is 0 Å². The smallest absolute Gasteiger partial charge is 0.179 e. The van der Waals surface area contributed by atoms with Crippen molar-refractivity contribution in [3.8, 4) is 0 Å². The Bertz CT molecular complexity index is 131. The van der Waals surface area contributed by atoms with Gasteiger partial charge in [-0.05, 0) is 6.92 Å². The molecule has 1 aliphatic rings. The number of hydrogen-bond acceptors (Lipinski definition) is 4. The van der Waals surface area contributed by atoms with Gasteiger partial charge in [0.1, 0.15) is 18.5 Å². The van der Waals surface area contributed by atoms with E-state index in [0.29, 0.717) is 12.6 Å². The largest absolute Gasteiger partial charge is 0.323 e. The number of aldehydes is 2. The van der Waals surface area contributed by atoms with E-state index in [1.54, 1.807) is 6.92 Å². The SMILES string of the molecule is CC1OC(C(C=O)C=O)O1. The molecule has 1 heterocycles. The number of ether oxygens (including phenoxy) is 2. The van der Waals surface area contributed by atoms with Crippen molar-refractivity contribution in [2.45, 2.75) is 19.5 Å². The fraction of sp³-hybridized carbons (Fsp3) is 0.667. The van der Waals surface area contributed by atoms with Crippen LogP contribution in [0.25, 0.3) is 0 Å². The number of hydrogen-bond donors (Lipinski definition) is 0. The summed E-state index contributed by atoms with van der Waals surface area (Å²) in [7, 11) is 0. The third-order valence-electron chi connectivity index (χ3n) is 1.28. The zero-order chi connectivity index (χ0) is 7.56. The molecule has 10 heavy (non-hydrogen) atoms. The maximum absolute atomic E-state index is 10.1. The van der Waals surface area contributed by atoms with Crippen molar-refractivity contribution in [1.82, 2.24) is 0 Å². The number of carbonyl (C=O) groups excluding carboxylic acids is 2. The van der Waals surface area contributed by atoms with Crippen molar-refractivity contribution >= 4 is 12.6 Å². The standard InChI is InChI=1S/C6H8O4/c1-4-9-6(10-4)5(2-7)3-8/h2-6H,1H3. The van der Waals surface area contributed by atoms with Gasteiger partial charge in [-0.2, -0.15) is 0 Å². The lowest BCUT2D eigenvalue weighted by Gasteiger charge is -2.34. The summed E-state index contributed by atoms with van der Waals surface area (Å²) >= 11 is 0. The molecule has 1 aliphatic heterocycles. The molecule has 0 spiro atoms. The Hall–Kier alpha value is -0.740. The van der Waals surface area contributed by atoms with Crippen LogP contribution in [0.15, 0.2) is 0 Å². The van der Waals surface area contributed by atoms with Gasteiger partial charge >= 0.3 is 0 Å². The van der Waals surface area contributed by atoms with Crippen molar-refractivity contribution in [2.24, 2.45) is 5.92 Å². The van der Waals surface area contributed by atoms with Gasteiger partial charge in [0.05, 0.1) is 0 Å². The molecule has 0 bridgehead atoms. The summed E-state index contributed by atoms with van der Waals surface area (Å²) in [6.07, 6.45) is 0.102. The summed E-state index contributed by atoms with van der Waals surface area (Å²) < 4.78 is 9.80. The van der Waals surface area contributed by atoms with Gasteiger partial charge in [-0.3, -0.25) is 0 Å². The Morgan fingerprint density at radius 3 is 2.10 bits per heavy atom. The maximum Gasteiger partial charge on any atom is 0.179 e. The Labute approximate surface area is 58.1 Å². The molecule has 0 N–H and O–H groups in total. The Morgan fingerprint density at radius 2 is 1.80 bits per heavy atom. The minimum absolute atomic E-state index is 0.285. The van der Waals surface area contributed by atoms with Gasteiger partial charge in [0, 0.05) is 0 Å². The van der Waals surface area contributed by atoms with Gasteiger partial charge < -0.3 is 19.1 Å². The predicted molar refractivity (Wildman–Crippen MR) is 31.0 cm³/mol. The topological polar surface area (TPSA) is 52.6 Å². The Balaban J connectivity index is 2.34. The van der Waals surface area contributed by atoms with Crippen LogP contribution in [0.5, 0.6) is 0 Å². The van der Waals surface area contributed by atoms with Crippen LogP contribution in [0.1, 0.15) is 6.92 Å². The molecule has 1 rings (SSSR count). The molecule has 0 aromatic rings. The van der Waals surface area contributed by atoms with E-state index in [4.69, 9.17) is 9.47 Å². The lowest BCUT2D eigenvalue weighted by atomic mass is 10.2. The monoisotopic (exact) mass is 144 g/mol. The van der Waals surface area contributed by atoms with E-state index < -0.39 is 12.2 Å². The molecule has 0 amide bonds. The molecule has 56 valence electrons. The molecule has 4 heteroatoms. The lowest BCUT2D eigenvalue weighted by molar-refractivity contribution is -0.381. The molecule has 0 aromatic carbocycles. The third kappa shape index (κ3) is 1.22. The molecular formula is C6H8O4. The van der Waals surface area contributed by atoms with Crippen molar-refractivity contribution in [1.29, 1.82) is 0 Å². The second-order valence-electron chi connectivity index (χ2n) is 2.06. The van der Waals surface area contributed by atoms with Crippen LogP contribution in [-0.2, 0) is 19.1 Å². The second-order valence-corrected chi connectivity index (χ2v) is 2.06. The summed E-state index contributed by atoms with van der Waals surface area (Å²) in [5.74, 6) is -0.767. The van der Waals surface area contributed by atoms with Gasteiger partial charge in [-0.15, -0.1) is 0 Å². The van der Waals surface area contributed by atoms with Crippen molar-refractivity contribution in [2.75, 3.05) is 0 Å². The highest BCUT2D eigenvalue weighted by Crippen LogP contribution is 2.20. The van der Waals surface area contributed by atoms with Crippen LogP contribution in [0.3, 0.4) is 0 Å². The quantitative estimate of drug-likeness (QED) is 0.403. The summed E-state index contributed by atoms with van der Waals surface area (Å²) in [6, 6.07) is 0. The molecule has 0 saturated carbocycles. The Kier molecular flexibility index (Phi) is 2.13. The molecule has 0 radical (unpaired) electrons. The fourth-order valence-corrected chi connectivity index (χ4v) is 0.730. The van der Waals surface area contributed by atoms with Crippen molar-refractivity contribution < 1.29 is 19.1 Å². The Morgan fingerprint density at radius 1 is 1.30 bits per heavy atom. The molecular weight excluding hydrogens is 136 g/mol. The van der Waals surface area contributed by atoms with E-state index >= 15 is 0 Å². The molecule has 4 nitrogen and oxygen atoms in total. The summed E-state index contributed by atoms with van der Waals surface area (Å²) in [5.41, 5.74) is 0. The number of rotatable bonds is 3. The van der Waals surface area contributed by atoms with Crippen LogP contribution in [0.2, 0.25) is 0 Å². The van der Waals surface area contributed by atoms with Crippen LogP contribution in [-0.4, -0.2) is 25.2 Å². The van der Waals surface area contributed by atoms with E-state index in [1.807, 2.05) is 0 Å². The third-order valence-corrected chi connectivity index (χ3v) is 1.28. The van der Waals surface area contributed by atoms with E-state index in [9.17, 15) is 9.59 Å². The molecule has 1 fully saturated rings. The lowest BCUT2D eigenvalue weighted by Crippen LogP contribution is -2.45. The van der Waals surface area contributed by atoms with Crippen molar-refractivity contribution in [3.63, 3.8) is 0 Å². The van der Waals surface area contributed by atoms with E-state index in [2.05, 4.69) is 0 Å². The van der Waals surface area contributed by atoms with Gasteiger partial charge in [-0.1, -0.05) is 0 Å². The molecule has 0 aliphatic carbocycles. The van der Waals surface area contributed by atoms with Crippen LogP contribution >= 0.6 is 0 Å². The average molecular weight is 144 g/mol. The fourth-order valence-electron chi connectivity index (χ4n) is 0.730. The summed E-state index contributed by atoms with van der Waals surface area (Å²) in [4.78, 5) is 20.2. The van der Waals surface area contributed by atoms with Crippen LogP contribution < -0.4 is 0 Å². The highest BCUT2D eigenvalue weighted by atomic mass is 16.9. The van der Waals surface area contributed by atoms with Crippen LogP contribution in [0, 0.1) is 5.92 Å². The molecule has 0 aromatic heterocycles. The van der Waals surface area contributed by atoms with Gasteiger partial charge in [0.2, 0.25) is 0 Å². The summed E-state index contributed by atoms with van der Waals surface area (Å²) in [5, 5.41) is 0. The van der Waals surface area contributed by atoms with Crippen LogP contribution in [0.4, 0.5) is 0 Å². The van der Waals surface area contributed by atoms with Gasteiger partial charge in [0.25, 0.3) is 0 Å². The molecule has 1 saturated heterocycles. The van der Waals surface area contributed by atoms with E-state index in [0.717, 1.165) is 0 Å². The maximum atomic E-state index is 10.1. The second kappa shape index (κ2) is 2.90. The first kappa shape index (κ1) is 7.37. The first-order valence-corrected chi connectivity index (χ1v) is 2.99. The van der Waals surface area contributed by atoms with Gasteiger partial charge in [-0.25, -0.2) is 0 Å². The molecule has 0 unspecified atom stereocenters. The highest BCUT2D eigenvalue weighted by molar-refractivity contribution is 5.77. The first-order valence-electron chi connectivity index (χ1n) is 2.99. The predicted octanol–water partition coefficient (Wildman–Crippen LogP) is -0.281. The highest BCUT2D eigenvalue weighted by Gasteiger charge is 2.34. The zero-order valence-corrected chi connectivity index (χ0v) is 5.52. The zero-order valence-electron chi connectivity index (χ0n) is 5.52. The van der Waals surface area contributed by atoms with Gasteiger partial charge in [0.15, 0.2) is 12.6 Å². The first-order chi connectivity index (χ1) is 4.77. The minimum atomic E-state index is -0.767. The van der Waals surface area contributed by atoms with E-state index in [-0.39, 0.29) is 6.29 Å².